The van der Waals surface area contributed by atoms with Crippen LogP contribution in [0, 0.1) is 19.7 Å². The first-order valence-electron chi connectivity index (χ1n) is 11.3. The highest BCUT2D eigenvalue weighted by atomic mass is 19.1. The molecule has 6 heteroatoms. The molecule has 0 bridgehead atoms. The Morgan fingerprint density at radius 1 is 0.968 bits per heavy atom. The molecule has 2 aromatic rings. The Labute approximate surface area is 184 Å². The number of nitrogens with zero attached hydrogens (tertiary/aromatic N) is 2. The van der Waals surface area contributed by atoms with Gasteiger partial charge in [-0.25, -0.2) is 9.18 Å². The van der Waals surface area contributed by atoms with Crippen LogP contribution in [0.15, 0.2) is 42.5 Å². The topological polar surface area (TPSA) is 44.8 Å². The van der Waals surface area contributed by atoms with Crippen LogP contribution in [0.5, 0.6) is 5.75 Å². The Kier molecular flexibility index (Phi) is 6.76. The van der Waals surface area contributed by atoms with E-state index in [2.05, 4.69) is 24.1 Å². The maximum atomic E-state index is 13.8. The van der Waals surface area contributed by atoms with E-state index in [0.29, 0.717) is 11.8 Å². The predicted molar refractivity (Wildman–Crippen MR) is 121 cm³/mol. The van der Waals surface area contributed by atoms with Crippen LogP contribution in [0.25, 0.3) is 0 Å². The number of halogens is 1. The van der Waals surface area contributed by atoms with Crippen molar-refractivity contribution in [1.29, 1.82) is 0 Å². The number of rotatable bonds is 4. The molecule has 166 valence electrons. The van der Waals surface area contributed by atoms with Crippen molar-refractivity contribution in [2.24, 2.45) is 0 Å². The van der Waals surface area contributed by atoms with Gasteiger partial charge >= 0.3 is 6.03 Å². The van der Waals surface area contributed by atoms with Gasteiger partial charge in [0.2, 0.25) is 0 Å². The van der Waals surface area contributed by atoms with Crippen LogP contribution < -0.4 is 10.1 Å². The lowest BCUT2D eigenvalue weighted by atomic mass is 9.99. The summed E-state index contributed by atoms with van der Waals surface area (Å²) in [4.78, 5) is 17.1. The number of anilines is 1. The molecule has 0 saturated carbocycles. The molecule has 0 spiro atoms. The van der Waals surface area contributed by atoms with Crippen molar-refractivity contribution in [1.82, 2.24) is 9.80 Å². The molecule has 31 heavy (non-hydrogen) atoms. The monoisotopic (exact) mass is 425 g/mol. The fourth-order valence-corrected chi connectivity index (χ4v) is 4.53. The lowest BCUT2D eigenvalue weighted by Crippen LogP contribution is -2.50. The summed E-state index contributed by atoms with van der Waals surface area (Å²) in [5.41, 5.74) is 3.26. The fraction of sp³-hybridized carbons (Fsp3) is 0.480. The van der Waals surface area contributed by atoms with Gasteiger partial charge in [-0.1, -0.05) is 18.2 Å². The largest absolute Gasteiger partial charge is 0.487 e. The van der Waals surface area contributed by atoms with Crippen molar-refractivity contribution in [3.05, 3.63) is 59.4 Å². The Bertz CT molecular complexity index is 903. The summed E-state index contributed by atoms with van der Waals surface area (Å²) in [6.07, 6.45) is 3.85. The number of piperidine rings is 2. The van der Waals surface area contributed by atoms with E-state index in [-0.39, 0.29) is 18.0 Å². The van der Waals surface area contributed by atoms with Gasteiger partial charge in [0.25, 0.3) is 0 Å². The molecular formula is C25H32FN3O2. The third-order valence-corrected chi connectivity index (χ3v) is 6.63. The second-order valence-electron chi connectivity index (χ2n) is 8.73. The summed E-state index contributed by atoms with van der Waals surface area (Å²) in [6, 6.07) is 13.1. The van der Waals surface area contributed by atoms with Crippen LogP contribution in [0.3, 0.4) is 0 Å². The number of carbonyl (C=O) groups is 1. The molecule has 2 aromatic carbocycles. The smallest absolute Gasteiger partial charge is 0.321 e. The third-order valence-electron chi connectivity index (χ3n) is 6.63. The van der Waals surface area contributed by atoms with Gasteiger partial charge in [0, 0.05) is 37.9 Å². The molecule has 2 fully saturated rings. The molecule has 2 aliphatic heterocycles. The van der Waals surface area contributed by atoms with E-state index in [1.54, 1.807) is 18.2 Å². The number of urea groups is 1. The average molecular weight is 426 g/mol. The second kappa shape index (κ2) is 9.69. The number of amides is 2. The zero-order valence-corrected chi connectivity index (χ0v) is 18.4. The maximum Gasteiger partial charge on any atom is 0.321 e. The minimum absolute atomic E-state index is 0.0151. The fourth-order valence-electron chi connectivity index (χ4n) is 4.53. The van der Waals surface area contributed by atoms with Crippen LogP contribution in [-0.4, -0.2) is 54.2 Å². The van der Waals surface area contributed by atoms with Gasteiger partial charge in [-0.15, -0.1) is 0 Å². The van der Waals surface area contributed by atoms with Crippen LogP contribution in [-0.2, 0) is 0 Å². The standard InChI is InChI=1S/C25H32FN3O2/c1-18-7-8-20(17-19(18)2)27-25(30)29-13-9-21(10-14-29)28-15-11-22(12-16-28)31-24-6-4-3-5-23(24)26/h3-8,17,21-22H,9-16H2,1-2H3,(H,27,30). The molecule has 0 atom stereocenters. The van der Waals surface area contributed by atoms with Gasteiger partial charge in [-0.2, -0.15) is 0 Å². The first kappa shape index (κ1) is 21.6. The predicted octanol–water partition coefficient (Wildman–Crippen LogP) is 4.98. The highest BCUT2D eigenvalue weighted by molar-refractivity contribution is 5.89. The lowest BCUT2D eigenvalue weighted by molar-refractivity contribution is 0.0529. The molecule has 2 aliphatic rings. The van der Waals surface area contributed by atoms with Crippen molar-refractivity contribution in [3.63, 3.8) is 0 Å². The van der Waals surface area contributed by atoms with E-state index in [1.807, 2.05) is 23.1 Å². The number of carbonyl (C=O) groups excluding carboxylic acids is 1. The Morgan fingerprint density at radius 3 is 2.35 bits per heavy atom. The van der Waals surface area contributed by atoms with Gasteiger partial charge in [0.05, 0.1) is 0 Å². The molecule has 5 nitrogen and oxygen atoms in total. The molecule has 0 aromatic heterocycles. The molecule has 0 unspecified atom stereocenters. The molecule has 2 amide bonds. The molecule has 4 rings (SSSR count). The molecule has 2 heterocycles. The summed E-state index contributed by atoms with van der Waals surface area (Å²) in [5.74, 6) is 0.0559. The van der Waals surface area contributed by atoms with E-state index >= 15 is 0 Å². The first-order valence-corrected chi connectivity index (χ1v) is 11.3. The number of para-hydroxylation sites is 1. The highest BCUT2D eigenvalue weighted by Crippen LogP contribution is 2.25. The highest BCUT2D eigenvalue weighted by Gasteiger charge is 2.30. The lowest BCUT2D eigenvalue weighted by Gasteiger charge is -2.41. The SMILES string of the molecule is Cc1ccc(NC(=O)N2CCC(N3CCC(Oc4ccccc4F)CC3)CC2)cc1C. The number of ether oxygens (including phenoxy) is 1. The van der Waals surface area contributed by atoms with Crippen molar-refractivity contribution in [2.75, 3.05) is 31.5 Å². The van der Waals surface area contributed by atoms with E-state index in [4.69, 9.17) is 4.74 Å². The third kappa shape index (κ3) is 5.37. The molecule has 2 saturated heterocycles. The number of nitrogens with one attached hydrogen (secondary N) is 1. The Morgan fingerprint density at radius 2 is 1.68 bits per heavy atom. The van der Waals surface area contributed by atoms with Crippen molar-refractivity contribution < 1.29 is 13.9 Å². The van der Waals surface area contributed by atoms with Crippen molar-refractivity contribution >= 4 is 11.7 Å². The summed E-state index contributed by atoms with van der Waals surface area (Å²) < 4.78 is 19.7. The Balaban J connectivity index is 1.21. The van der Waals surface area contributed by atoms with Gasteiger partial charge in [0.1, 0.15) is 6.10 Å². The minimum atomic E-state index is -0.295. The van der Waals surface area contributed by atoms with Gasteiger partial charge in [-0.05, 0) is 74.9 Å². The van der Waals surface area contributed by atoms with Gasteiger partial charge in [-0.3, -0.25) is 4.90 Å². The normalized spacial score (nSPS) is 18.7. The van der Waals surface area contributed by atoms with E-state index in [1.165, 1.54) is 17.2 Å². The zero-order valence-electron chi connectivity index (χ0n) is 18.4. The number of benzene rings is 2. The number of aryl methyl sites for hydroxylation is 2. The summed E-state index contributed by atoms with van der Waals surface area (Å²) in [7, 11) is 0. The minimum Gasteiger partial charge on any atom is -0.487 e. The number of hydrogen-bond donors (Lipinski definition) is 1. The molecular weight excluding hydrogens is 393 g/mol. The quantitative estimate of drug-likeness (QED) is 0.751. The van der Waals surface area contributed by atoms with Gasteiger partial charge in [0.15, 0.2) is 11.6 Å². The van der Waals surface area contributed by atoms with Gasteiger partial charge < -0.3 is 15.0 Å². The first-order chi connectivity index (χ1) is 15.0. The molecule has 0 aliphatic carbocycles. The van der Waals surface area contributed by atoms with Crippen LogP contribution in [0.1, 0.15) is 36.8 Å². The Hall–Kier alpha value is -2.60. The van der Waals surface area contributed by atoms with E-state index in [9.17, 15) is 9.18 Å². The summed E-state index contributed by atoms with van der Waals surface area (Å²) in [6.45, 7) is 7.58. The van der Waals surface area contributed by atoms with E-state index in [0.717, 1.165) is 57.5 Å². The van der Waals surface area contributed by atoms with Crippen molar-refractivity contribution in [2.45, 2.75) is 51.7 Å². The van der Waals surface area contributed by atoms with Crippen molar-refractivity contribution in [3.8, 4) is 5.75 Å². The molecule has 0 radical (unpaired) electrons. The summed E-state index contributed by atoms with van der Waals surface area (Å²) >= 11 is 0. The molecule has 1 N–H and O–H groups in total. The summed E-state index contributed by atoms with van der Waals surface area (Å²) in [5, 5.41) is 3.03. The van der Waals surface area contributed by atoms with Crippen LogP contribution >= 0.6 is 0 Å². The van der Waals surface area contributed by atoms with Crippen LogP contribution in [0.4, 0.5) is 14.9 Å². The zero-order chi connectivity index (χ0) is 21.8. The number of likely N-dealkylation sites (tertiary alicyclic amines) is 2. The number of hydrogen-bond acceptors (Lipinski definition) is 3. The van der Waals surface area contributed by atoms with E-state index < -0.39 is 0 Å². The maximum absolute atomic E-state index is 13.8. The second-order valence-corrected chi connectivity index (χ2v) is 8.73. The van der Waals surface area contributed by atoms with Crippen LogP contribution in [0.2, 0.25) is 0 Å². The average Bonchev–Trinajstić information content (AvgIpc) is 2.78.